The van der Waals surface area contributed by atoms with E-state index in [4.69, 9.17) is 21.7 Å². The van der Waals surface area contributed by atoms with Crippen LogP contribution >= 0.6 is 11.6 Å². The van der Waals surface area contributed by atoms with Crippen molar-refractivity contribution in [1.29, 1.82) is 0 Å². The number of anilines is 1. The summed E-state index contributed by atoms with van der Waals surface area (Å²) in [5.41, 5.74) is 4.48. The van der Waals surface area contributed by atoms with Crippen LogP contribution in [0.3, 0.4) is 0 Å². The van der Waals surface area contributed by atoms with Crippen LogP contribution in [0.4, 0.5) is 5.82 Å². The van der Waals surface area contributed by atoms with E-state index in [1.54, 1.807) is 6.07 Å². The highest BCUT2D eigenvalue weighted by atomic mass is 35.5. The second-order valence-electron chi connectivity index (χ2n) is 8.81. The monoisotopic (exact) mass is 437 g/mol. The van der Waals surface area contributed by atoms with Crippen molar-refractivity contribution in [3.63, 3.8) is 0 Å². The first-order chi connectivity index (χ1) is 15.0. The number of fused-ring (bicyclic) bond motifs is 1. The Morgan fingerprint density at radius 3 is 2.65 bits per heavy atom. The van der Waals surface area contributed by atoms with Gasteiger partial charge in [-0.2, -0.15) is 5.10 Å². The van der Waals surface area contributed by atoms with Gasteiger partial charge in [-0.15, -0.1) is 0 Å². The average Bonchev–Trinajstić information content (AvgIpc) is 3.44. The molecule has 31 heavy (non-hydrogen) atoms. The van der Waals surface area contributed by atoms with Crippen LogP contribution in [-0.4, -0.2) is 45.0 Å². The van der Waals surface area contributed by atoms with Gasteiger partial charge in [-0.3, -0.25) is 4.79 Å². The number of likely N-dealkylation sites (tertiary alicyclic amines) is 1. The third-order valence-corrected chi connectivity index (χ3v) is 6.82. The van der Waals surface area contributed by atoms with Crippen LogP contribution in [0.5, 0.6) is 0 Å². The minimum absolute atomic E-state index is 0.0163. The van der Waals surface area contributed by atoms with Gasteiger partial charge >= 0.3 is 0 Å². The molecule has 0 bridgehead atoms. The minimum Gasteiger partial charge on any atom is -0.356 e. The lowest BCUT2D eigenvalue weighted by Gasteiger charge is -2.35. The number of carbonyl (C=O) groups excluding carboxylic acids is 1. The van der Waals surface area contributed by atoms with Crippen LogP contribution < -0.4 is 4.90 Å². The second-order valence-corrected chi connectivity index (χ2v) is 9.21. The minimum atomic E-state index is -0.0601. The van der Waals surface area contributed by atoms with Crippen molar-refractivity contribution >= 4 is 29.0 Å². The summed E-state index contributed by atoms with van der Waals surface area (Å²) in [6, 6.07) is 7.61. The molecule has 7 heteroatoms. The van der Waals surface area contributed by atoms with Gasteiger partial charge in [0, 0.05) is 37.5 Å². The Bertz CT molecular complexity index is 1130. The van der Waals surface area contributed by atoms with E-state index in [1.807, 2.05) is 34.5 Å². The topological polar surface area (TPSA) is 53.7 Å². The van der Waals surface area contributed by atoms with Crippen molar-refractivity contribution in [3.05, 3.63) is 57.9 Å². The Hall–Kier alpha value is -2.60. The second kappa shape index (κ2) is 8.15. The van der Waals surface area contributed by atoms with Crippen molar-refractivity contribution in [1.82, 2.24) is 19.5 Å². The summed E-state index contributed by atoms with van der Waals surface area (Å²) in [5, 5.41) is 5.34. The van der Waals surface area contributed by atoms with Crippen molar-refractivity contribution in [3.8, 4) is 0 Å². The van der Waals surface area contributed by atoms with Gasteiger partial charge in [-0.1, -0.05) is 23.2 Å². The largest absolute Gasteiger partial charge is 0.356 e. The van der Waals surface area contributed by atoms with E-state index in [-0.39, 0.29) is 11.9 Å². The molecule has 0 N–H and O–H groups in total. The lowest BCUT2D eigenvalue weighted by atomic mass is 9.98. The lowest BCUT2D eigenvalue weighted by molar-refractivity contribution is 0.0606. The number of amides is 1. The number of piperidine rings is 1. The lowest BCUT2D eigenvalue weighted by Crippen LogP contribution is -2.38. The van der Waals surface area contributed by atoms with E-state index in [0.717, 1.165) is 60.6 Å². The molecule has 1 amide bonds. The van der Waals surface area contributed by atoms with Gasteiger partial charge in [-0.05, 0) is 58.1 Å². The standard InChI is InChI=1S/C24H28ClN5O/c1-16-8-9-19(25)18(13-16)24(31)29-12-4-3-7-21(29)20-14-22-26-23(28-10-5-6-11-28)17(2)15-30(22)27-20/h8-9,13-15,21H,3-7,10-12H2,1-2H3/t21-/m0/s1. The molecule has 6 nitrogen and oxygen atoms in total. The normalized spacial score (nSPS) is 19.4. The molecule has 162 valence electrons. The fraction of sp³-hybridized carbons (Fsp3) is 0.458. The van der Waals surface area contributed by atoms with Crippen molar-refractivity contribution in [2.75, 3.05) is 24.5 Å². The van der Waals surface area contributed by atoms with Crippen LogP contribution in [0.15, 0.2) is 30.5 Å². The molecule has 2 aliphatic heterocycles. The van der Waals surface area contributed by atoms with Gasteiger partial charge in [0.25, 0.3) is 5.91 Å². The van der Waals surface area contributed by atoms with Crippen LogP contribution in [0.2, 0.25) is 5.02 Å². The maximum absolute atomic E-state index is 13.4. The predicted octanol–water partition coefficient (Wildman–Crippen LogP) is 4.97. The van der Waals surface area contributed by atoms with Gasteiger partial charge in [0.1, 0.15) is 5.82 Å². The molecule has 1 aromatic carbocycles. The van der Waals surface area contributed by atoms with E-state index in [1.165, 1.54) is 12.8 Å². The van der Waals surface area contributed by atoms with Crippen LogP contribution in [0.25, 0.3) is 5.65 Å². The molecule has 2 fully saturated rings. The Morgan fingerprint density at radius 1 is 1.06 bits per heavy atom. The number of hydrogen-bond acceptors (Lipinski definition) is 4. The molecule has 2 aliphatic rings. The number of carbonyl (C=O) groups is 1. The van der Waals surface area contributed by atoms with Gasteiger partial charge in [0.05, 0.1) is 22.3 Å². The highest BCUT2D eigenvalue weighted by molar-refractivity contribution is 6.33. The zero-order chi connectivity index (χ0) is 21.5. The average molecular weight is 438 g/mol. The number of aryl methyl sites for hydroxylation is 2. The first-order valence-electron chi connectivity index (χ1n) is 11.2. The SMILES string of the molecule is Cc1ccc(Cl)c(C(=O)N2CCCC[C@H]2c2cc3nc(N4CCCC4)c(C)cn3n2)c1. The zero-order valence-corrected chi connectivity index (χ0v) is 18.9. The maximum Gasteiger partial charge on any atom is 0.255 e. The number of rotatable bonds is 3. The summed E-state index contributed by atoms with van der Waals surface area (Å²) in [4.78, 5) is 22.7. The molecule has 1 atom stereocenters. The first kappa shape index (κ1) is 20.3. The fourth-order valence-corrected chi connectivity index (χ4v) is 5.07. The molecule has 5 rings (SSSR count). The van der Waals surface area contributed by atoms with Gasteiger partial charge < -0.3 is 9.80 Å². The summed E-state index contributed by atoms with van der Waals surface area (Å²) >= 11 is 6.38. The molecule has 4 heterocycles. The van der Waals surface area contributed by atoms with E-state index < -0.39 is 0 Å². The molecule has 0 aliphatic carbocycles. The van der Waals surface area contributed by atoms with E-state index >= 15 is 0 Å². The van der Waals surface area contributed by atoms with Crippen molar-refractivity contribution < 1.29 is 4.79 Å². The summed E-state index contributed by atoms with van der Waals surface area (Å²) in [6.07, 6.45) is 7.47. The van der Waals surface area contributed by atoms with Gasteiger partial charge in [0.2, 0.25) is 0 Å². The van der Waals surface area contributed by atoms with Gasteiger partial charge in [0.15, 0.2) is 5.65 Å². The molecule has 3 aromatic rings. The molecule has 0 unspecified atom stereocenters. The molecule has 0 saturated carbocycles. The summed E-state index contributed by atoms with van der Waals surface area (Å²) in [5.74, 6) is 1.04. The van der Waals surface area contributed by atoms with E-state index in [2.05, 4.69) is 18.0 Å². The fourth-order valence-electron chi connectivity index (χ4n) is 4.87. The van der Waals surface area contributed by atoms with Crippen LogP contribution in [0.1, 0.15) is 65.3 Å². The van der Waals surface area contributed by atoms with Crippen molar-refractivity contribution in [2.24, 2.45) is 0 Å². The third kappa shape index (κ3) is 3.78. The van der Waals surface area contributed by atoms with Crippen LogP contribution in [0, 0.1) is 13.8 Å². The smallest absolute Gasteiger partial charge is 0.255 e. The first-order valence-corrected chi connectivity index (χ1v) is 11.6. The molecular weight excluding hydrogens is 410 g/mol. The van der Waals surface area contributed by atoms with E-state index in [9.17, 15) is 4.79 Å². The summed E-state index contributed by atoms with van der Waals surface area (Å²) in [6.45, 7) is 6.92. The zero-order valence-electron chi connectivity index (χ0n) is 18.1. The molecule has 0 spiro atoms. The maximum atomic E-state index is 13.4. The highest BCUT2D eigenvalue weighted by Gasteiger charge is 2.32. The Kier molecular flexibility index (Phi) is 5.34. The van der Waals surface area contributed by atoms with Crippen LogP contribution in [-0.2, 0) is 0 Å². The summed E-state index contributed by atoms with van der Waals surface area (Å²) < 4.78 is 1.86. The van der Waals surface area contributed by atoms with E-state index in [0.29, 0.717) is 17.1 Å². The predicted molar refractivity (Wildman–Crippen MR) is 123 cm³/mol. The third-order valence-electron chi connectivity index (χ3n) is 6.49. The number of hydrogen-bond donors (Lipinski definition) is 0. The number of aromatic nitrogens is 3. The van der Waals surface area contributed by atoms with Gasteiger partial charge in [-0.25, -0.2) is 9.50 Å². The number of benzene rings is 1. The Labute approximate surface area is 187 Å². The highest BCUT2D eigenvalue weighted by Crippen LogP contribution is 2.34. The quantitative estimate of drug-likeness (QED) is 0.580. The molecule has 2 aromatic heterocycles. The number of halogens is 1. The molecule has 2 saturated heterocycles. The number of nitrogens with zero attached hydrogens (tertiary/aromatic N) is 5. The van der Waals surface area contributed by atoms with Crippen molar-refractivity contribution in [2.45, 2.75) is 52.0 Å². The molecule has 0 radical (unpaired) electrons. The Balaban J connectivity index is 1.49. The molecular formula is C24H28ClN5O. The summed E-state index contributed by atoms with van der Waals surface area (Å²) in [7, 11) is 0. The Morgan fingerprint density at radius 2 is 1.84 bits per heavy atom.